The second-order valence-corrected chi connectivity index (χ2v) is 6.68. The maximum atomic E-state index is 5.61. The molecule has 0 aromatic carbocycles. The van der Waals surface area contributed by atoms with Gasteiger partial charge in [-0.15, -0.1) is 0 Å². The molecule has 0 amide bonds. The largest absolute Gasteiger partial charge is 0.366 e. The molecule has 0 heterocycles. The van der Waals surface area contributed by atoms with Crippen molar-refractivity contribution in [1.29, 1.82) is 0 Å². The Bertz CT molecular complexity index is 435. The van der Waals surface area contributed by atoms with Crippen LogP contribution in [0.5, 0.6) is 0 Å². The van der Waals surface area contributed by atoms with Crippen molar-refractivity contribution in [3.05, 3.63) is 11.1 Å². The second-order valence-electron chi connectivity index (χ2n) is 6.68. The molecule has 0 saturated heterocycles. The average Bonchev–Trinajstić information content (AvgIpc) is 2.43. The molecule has 0 bridgehead atoms. The van der Waals surface area contributed by atoms with Gasteiger partial charge >= 0.3 is 0 Å². The SMILES string of the molecule is COC(CC(C)(C#CC1=C(C)CCCC1(C)C)OC)OC. The van der Waals surface area contributed by atoms with E-state index in [9.17, 15) is 0 Å². The van der Waals surface area contributed by atoms with Crippen LogP contribution in [-0.4, -0.2) is 33.2 Å². The smallest absolute Gasteiger partial charge is 0.160 e. The van der Waals surface area contributed by atoms with E-state index in [0.29, 0.717) is 6.42 Å². The minimum Gasteiger partial charge on any atom is -0.366 e. The van der Waals surface area contributed by atoms with E-state index in [2.05, 4.69) is 32.6 Å². The predicted molar refractivity (Wildman–Crippen MR) is 85.9 cm³/mol. The van der Waals surface area contributed by atoms with Gasteiger partial charge in [0.2, 0.25) is 0 Å². The summed E-state index contributed by atoms with van der Waals surface area (Å²) in [5.74, 6) is 6.71. The molecule has 0 aromatic heterocycles. The van der Waals surface area contributed by atoms with E-state index in [4.69, 9.17) is 14.2 Å². The van der Waals surface area contributed by atoms with Crippen LogP contribution in [0.1, 0.15) is 53.4 Å². The molecule has 0 N–H and O–H groups in total. The van der Waals surface area contributed by atoms with Crippen LogP contribution < -0.4 is 0 Å². The Morgan fingerprint density at radius 3 is 2.33 bits per heavy atom. The van der Waals surface area contributed by atoms with Crippen LogP contribution in [-0.2, 0) is 14.2 Å². The van der Waals surface area contributed by atoms with Gasteiger partial charge in [0.15, 0.2) is 6.29 Å². The lowest BCUT2D eigenvalue weighted by molar-refractivity contribution is -0.135. The molecule has 0 radical (unpaired) electrons. The number of allylic oxidation sites excluding steroid dienone is 2. The lowest BCUT2D eigenvalue weighted by Gasteiger charge is -2.32. The number of rotatable bonds is 5. The molecule has 0 fully saturated rings. The number of methoxy groups -OCH3 is 3. The van der Waals surface area contributed by atoms with Crippen LogP contribution in [0.3, 0.4) is 0 Å². The first kappa shape index (κ1) is 18.2. The Kier molecular flexibility index (Phi) is 6.46. The fourth-order valence-corrected chi connectivity index (χ4v) is 2.86. The highest BCUT2D eigenvalue weighted by Gasteiger charge is 2.29. The van der Waals surface area contributed by atoms with Crippen molar-refractivity contribution in [3.8, 4) is 11.8 Å². The molecule has 1 unspecified atom stereocenters. The second kappa shape index (κ2) is 7.45. The van der Waals surface area contributed by atoms with Gasteiger partial charge in [-0.1, -0.05) is 31.3 Å². The molecular formula is C18H30O3. The van der Waals surface area contributed by atoms with Gasteiger partial charge in [0, 0.05) is 33.3 Å². The van der Waals surface area contributed by atoms with Crippen LogP contribution in [0.2, 0.25) is 0 Å². The van der Waals surface area contributed by atoms with Crippen LogP contribution in [0.25, 0.3) is 0 Å². The first-order valence-electron chi connectivity index (χ1n) is 7.62. The standard InChI is InChI=1S/C18H30O3/c1-14-9-8-11-17(2,3)15(14)10-12-18(4,21-7)13-16(19-5)20-6/h16H,8-9,11,13H2,1-7H3. The summed E-state index contributed by atoms with van der Waals surface area (Å²) < 4.78 is 16.1. The van der Waals surface area contributed by atoms with E-state index in [1.807, 2.05) is 6.92 Å². The van der Waals surface area contributed by atoms with Crippen LogP contribution in [0.15, 0.2) is 11.1 Å². The van der Waals surface area contributed by atoms with Gasteiger partial charge in [-0.2, -0.15) is 0 Å². The number of ether oxygens (including phenoxy) is 3. The summed E-state index contributed by atoms with van der Waals surface area (Å²) in [6.07, 6.45) is 3.86. The van der Waals surface area contributed by atoms with Crippen molar-refractivity contribution in [3.63, 3.8) is 0 Å². The zero-order chi connectivity index (χ0) is 16.1. The van der Waals surface area contributed by atoms with Crippen LogP contribution in [0, 0.1) is 17.3 Å². The highest BCUT2D eigenvalue weighted by molar-refractivity contribution is 5.41. The summed E-state index contributed by atoms with van der Waals surface area (Å²) in [5, 5.41) is 0. The van der Waals surface area contributed by atoms with E-state index < -0.39 is 5.60 Å². The molecule has 1 atom stereocenters. The fourth-order valence-electron chi connectivity index (χ4n) is 2.86. The van der Waals surface area contributed by atoms with Crippen molar-refractivity contribution in [2.75, 3.05) is 21.3 Å². The molecule has 0 aromatic rings. The monoisotopic (exact) mass is 294 g/mol. The molecule has 0 spiro atoms. The lowest BCUT2D eigenvalue weighted by atomic mass is 9.73. The summed E-state index contributed by atoms with van der Waals surface area (Å²) in [4.78, 5) is 0. The fraction of sp³-hybridized carbons (Fsp3) is 0.778. The van der Waals surface area contributed by atoms with E-state index in [0.717, 1.165) is 6.42 Å². The van der Waals surface area contributed by atoms with E-state index in [1.165, 1.54) is 24.0 Å². The topological polar surface area (TPSA) is 27.7 Å². The zero-order valence-corrected chi connectivity index (χ0v) is 14.6. The molecule has 0 aliphatic heterocycles. The van der Waals surface area contributed by atoms with Crippen molar-refractivity contribution >= 4 is 0 Å². The van der Waals surface area contributed by atoms with Gasteiger partial charge in [0.1, 0.15) is 5.60 Å². The third-order valence-electron chi connectivity index (χ3n) is 4.44. The Labute approximate surface area is 130 Å². The molecule has 1 aliphatic rings. The lowest BCUT2D eigenvalue weighted by Crippen LogP contribution is -2.33. The van der Waals surface area contributed by atoms with E-state index in [1.54, 1.807) is 21.3 Å². The van der Waals surface area contributed by atoms with Gasteiger partial charge in [0.05, 0.1) is 0 Å². The minimum atomic E-state index is -0.572. The molecule has 1 aliphatic carbocycles. The molecule has 3 nitrogen and oxygen atoms in total. The normalized spacial score (nSPS) is 21.0. The van der Waals surface area contributed by atoms with Crippen molar-refractivity contribution < 1.29 is 14.2 Å². The van der Waals surface area contributed by atoms with Gasteiger partial charge in [-0.3, -0.25) is 0 Å². The number of hydrogen-bond donors (Lipinski definition) is 0. The Hall–Kier alpha value is -0.820. The Morgan fingerprint density at radius 1 is 1.24 bits per heavy atom. The summed E-state index contributed by atoms with van der Waals surface area (Å²) in [6, 6.07) is 0. The average molecular weight is 294 g/mol. The third kappa shape index (κ3) is 4.85. The van der Waals surface area contributed by atoms with Crippen LogP contribution >= 0.6 is 0 Å². The summed E-state index contributed by atoms with van der Waals surface area (Å²) >= 11 is 0. The quantitative estimate of drug-likeness (QED) is 0.568. The highest BCUT2D eigenvalue weighted by Crippen LogP contribution is 2.39. The number of hydrogen-bond acceptors (Lipinski definition) is 3. The zero-order valence-electron chi connectivity index (χ0n) is 14.6. The van der Waals surface area contributed by atoms with E-state index in [-0.39, 0.29) is 11.7 Å². The first-order valence-corrected chi connectivity index (χ1v) is 7.62. The van der Waals surface area contributed by atoms with Gasteiger partial charge in [0.25, 0.3) is 0 Å². The highest BCUT2D eigenvalue weighted by atomic mass is 16.7. The van der Waals surface area contributed by atoms with Gasteiger partial charge in [-0.05, 0) is 38.5 Å². The van der Waals surface area contributed by atoms with Crippen LogP contribution in [0.4, 0.5) is 0 Å². The first-order chi connectivity index (χ1) is 9.78. The third-order valence-corrected chi connectivity index (χ3v) is 4.44. The van der Waals surface area contributed by atoms with Crippen molar-refractivity contribution in [1.82, 2.24) is 0 Å². The maximum absolute atomic E-state index is 5.61. The van der Waals surface area contributed by atoms with Gasteiger partial charge in [-0.25, -0.2) is 0 Å². The summed E-state index contributed by atoms with van der Waals surface area (Å²) in [5.41, 5.74) is 2.26. The molecule has 21 heavy (non-hydrogen) atoms. The molecule has 1 rings (SSSR count). The molecular weight excluding hydrogens is 264 g/mol. The minimum absolute atomic E-state index is 0.159. The molecule has 3 heteroatoms. The molecule has 120 valence electrons. The predicted octanol–water partition coefficient (Wildman–Crippen LogP) is 3.93. The summed E-state index contributed by atoms with van der Waals surface area (Å²) in [7, 11) is 4.95. The van der Waals surface area contributed by atoms with Crippen molar-refractivity contribution in [2.45, 2.75) is 65.3 Å². The molecule has 0 saturated carbocycles. The Morgan fingerprint density at radius 2 is 1.86 bits per heavy atom. The van der Waals surface area contributed by atoms with E-state index >= 15 is 0 Å². The van der Waals surface area contributed by atoms with Crippen molar-refractivity contribution in [2.24, 2.45) is 5.41 Å². The summed E-state index contributed by atoms with van der Waals surface area (Å²) in [6.45, 7) is 8.73. The maximum Gasteiger partial charge on any atom is 0.160 e. The Balaban J connectivity index is 3.01. The van der Waals surface area contributed by atoms with Gasteiger partial charge < -0.3 is 14.2 Å².